The number of hydrogen-bond acceptors (Lipinski definition) is 8. The number of hydrogen-bond donors (Lipinski definition) is 2. The van der Waals surface area contributed by atoms with E-state index in [0.717, 1.165) is 16.9 Å². The predicted octanol–water partition coefficient (Wildman–Crippen LogP) is 4.22. The maximum atomic E-state index is 13.8. The normalized spacial score (nSPS) is 12.6. The van der Waals surface area contributed by atoms with Crippen molar-refractivity contribution in [2.45, 2.75) is 46.5 Å². The molecule has 1 atom stereocenters. The Balaban J connectivity index is 1.92. The number of halogens is 3. The van der Waals surface area contributed by atoms with Crippen LogP contribution in [-0.2, 0) is 17.5 Å². The number of fused-ring (bicyclic) bond motifs is 1. The van der Waals surface area contributed by atoms with E-state index in [1.807, 2.05) is 6.92 Å². The van der Waals surface area contributed by atoms with Crippen LogP contribution in [0, 0.1) is 24.0 Å². The number of pyridine rings is 1. The van der Waals surface area contributed by atoms with Gasteiger partial charge in [-0.15, -0.1) is 11.3 Å². The van der Waals surface area contributed by atoms with Crippen molar-refractivity contribution in [3.63, 3.8) is 0 Å². The molecule has 0 aliphatic carbocycles. The molecule has 38 heavy (non-hydrogen) atoms. The summed E-state index contributed by atoms with van der Waals surface area (Å²) in [5.41, 5.74) is 5.01. The number of nitrogens with zero attached hydrogens (tertiary/aromatic N) is 6. The highest BCUT2D eigenvalue weighted by molar-refractivity contribution is 7.21. The Morgan fingerprint density at radius 2 is 1.89 bits per heavy atom. The minimum Gasteiger partial charge on any atom is -0.365 e. The summed E-state index contributed by atoms with van der Waals surface area (Å²) in [6.07, 6.45) is -2.39. The van der Waals surface area contributed by atoms with Crippen LogP contribution in [-0.4, -0.2) is 41.3 Å². The van der Waals surface area contributed by atoms with Crippen LogP contribution in [0.15, 0.2) is 18.5 Å². The third-order valence-corrected chi connectivity index (χ3v) is 7.18. The van der Waals surface area contributed by atoms with Gasteiger partial charge in [-0.2, -0.15) is 23.4 Å². The fourth-order valence-corrected chi connectivity index (χ4v) is 5.11. The van der Waals surface area contributed by atoms with Gasteiger partial charge in [0, 0.05) is 23.2 Å². The highest BCUT2D eigenvalue weighted by atomic mass is 32.1. The van der Waals surface area contributed by atoms with E-state index in [1.54, 1.807) is 11.6 Å². The van der Waals surface area contributed by atoms with Gasteiger partial charge < -0.3 is 11.1 Å². The lowest BCUT2D eigenvalue weighted by atomic mass is 10.0. The monoisotopic (exact) mass is 550 g/mol. The molecule has 3 N–H and O–H groups in total. The molecule has 16 heteroatoms. The number of carbonyl (C=O) groups is 2. The number of primary amides is 1. The van der Waals surface area contributed by atoms with E-state index in [-0.39, 0.29) is 37.7 Å². The summed E-state index contributed by atoms with van der Waals surface area (Å²) in [5.74, 6) is -1.72. The zero-order valence-corrected chi connectivity index (χ0v) is 21.3. The Morgan fingerprint density at radius 3 is 2.42 bits per heavy atom. The fourth-order valence-electron chi connectivity index (χ4n) is 4.10. The molecule has 0 saturated heterocycles. The Labute approximate surface area is 216 Å². The molecule has 0 aromatic carbocycles. The number of carbonyl (C=O) groups excluding carboxylic acids is 2. The summed E-state index contributed by atoms with van der Waals surface area (Å²) in [6, 6.07) is -0.251. The van der Waals surface area contributed by atoms with E-state index in [0.29, 0.717) is 29.1 Å². The van der Waals surface area contributed by atoms with Gasteiger partial charge in [-0.3, -0.25) is 29.1 Å². The average molecular weight is 551 g/mol. The molecule has 200 valence electrons. The molecule has 1 unspecified atom stereocenters. The predicted molar refractivity (Wildman–Crippen MR) is 132 cm³/mol. The van der Waals surface area contributed by atoms with Crippen LogP contribution in [0.25, 0.3) is 21.3 Å². The number of nitrogens with one attached hydrogen (secondary N) is 1. The standard InChI is InChI=1S/C22H21F3N8O4S/c1-5-31-9(2)13(7-27-31)12-6-15(22(23,24)25)29-21-16(12)17(18(38-21)19(26)34)30-20(35)11(4)32-10(3)14(8-28-32)33(36)37/h6-8,11H,5H2,1-4H3,(H2,26,34)(H,30,35). The average Bonchev–Trinajstić information content (AvgIpc) is 3.52. The number of nitro groups is 1. The number of thiophene rings is 1. The van der Waals surface area contributed by atoms with Crippen molar-refractivity contribution >= 4 is 44.7 Å². The Kier molecular flexibility index (Phi) is 6.69. The first-order valence-electron chi connectivity index (χ1n) is 11.1. The first-order chi connectivity index (χ1) is 17.8. The molecule has 0 aliphatic rings. The van der Waals surface area contributed by atoms with Crippen molar-refractivity contribution in [1.29, 1.82) is 0 Å². The molecular weight excluding hydrogens is 529 g/mol. The molecule has 4 heterocycles. The van der Waals surface area contributed by atoms with E-state index in [2.05, 4.69) is 20.5 Å². The Hall–Kier alpha value is -4.34. The maximum absolute atomic E-state index is 13.8. The van der Waals surface area contributed by atoms with E-state index >= 15 is 0 Å². The van der Waals surface area contributed by atoms with Crippen molar-refractivity contribution in [3.8, 4) is 11.1 Å². The van der Waals surface area contributed by atoms with Crippen molar-refractivity contribution in [3.05, 3.63) is 50.5 Å². The second-order valence-electron chi connectivity index (χ2n) is 8.34. The molecule has 4 aromatic heterocycles. The van der Waals surface area contributed by atoms with Crippen molar-refractivity contribution in [1.82, 2.24) is 24.5 Å². The molecule has 12 nitrogen and oxygen atoms in total. The van der Waals surface area contributed by atoms with Gasteiger partial charge in [-0.25, -0.2) is 4.98 Å². The van der Waals surface area contributed by atoms with Gasteiger partial charge in [0.25, 0.3) is 5.91 Å². The minimum atomic E-state index is -4.79. The highest BCUT2D eigenvalue weighted by Crippen LogP contribution is 2.44. The first-order valence-corrected chi connectivity index (χ1v) is 11.9. The van der Waals surface area contributed by atoms with E-state index < -0.39 is 34.6 Å². The van der Waals surface area contributed by atoms with Crippen LogP contribution in [0.3, 0.4) is 0 Å². The van der Waals surface area contributed by atoms with Crippen LogP contribution in [0.2, 0.25) is 0 Å². The second-order valence-corrected chi connectivity index (χ2v) is 9.34. The zero-order valence-electron chi connectivity index (χ0n) is 20.5. The first kappa shape index (κ1) is 26.7. The number of anilines is 1. The smallest absolute Gasteiger partial charge is 0.365 e. The van der Waals surface area contributed by atoms with Gasteiger partial charge in [0.1, 0.15) is 33.3 Å². The van der Waals surface area contributed by atoms with Gasteiger partial charge in [-0.1, -0.05) is 0 Å². The third-order valence-electron chi connectivity index (χ3n) is 6.08. The SMILES string of the molecule is CCn1ncc(-c2cc(C(F)(F)F)nc3sc(C(N)=O)c(NC(=O)C(C)n4ncc([N+](=O)[O-])c4C)c23)c1C. The minimum absolute atomic E-state index is 0.0529. The van der Waals surface area contributed by atoms with Gasteiger partial charge >= 0.3 is 11.9 Å². The number of aryl methyl sites for hydroxylation is 1. The molecule has 0 spiro atoms. The zero-order chi connectivity index (χ0) is 28.1. The third kappa shape index (κ3) is 4.46. The number of amides is 2. The van der Waals surface area contributed by atoms with Crippen molar-refractivity contribution in [2.75, 3.05) is 5.32 Å². The van der Waals surface area contributed by atoms with E-state index in [1.165, 1.54) is 20.0 Å². The topological polar surface area (TPSA) is 164 Å². The fraction of sp³-hybridized carbons (Fsp3) is 0.318. The number of nitrogens with two attached hydrogens (primary N) is 1. The summed E-state index contributed by atoms with van der Waals surface area (Å²) in [5, 5.41) is 22.0. The molecule has 4 aromatic rings. The maximum Gasteiger partial charge on any atom is 0.433 e. The summed E-state index contributed by atoms with van der Waals surface area (Å²) < 4.78 is 44.0. The molecule has 2 amide bonds. The van der Waals surface area contributed by atoms with Gasteiger partial charge in [0.2, 0.25) is 5.91 Å². The van der Waals surface area contributed by atoms with Crippen LogP contribution < -0.4 is 11.1 Å². The summed E-state index contributed by atoms with van der Waals surface area (Å²) in [6.45, 7) is 6.79. The number of rotatable bonds is 7. The van der Waals surface area contributed by atoms with E-state index in [9.17, 15) is 32.9 Å². The molecule has 0 fully saturated rings. The van der Waals surface area contributed by atoms with Gasteiger partial charge in [0.05, 0.1) is 16.8 Å². The molecule has 0 saturated carbocycles. The van der Waals surface area contributed by atoms with Crippen molar-refractivity contribution < 1.29 is 27.7 Å². The number of alkyl halides is 3. The van der Waals surface area contributed by atoms with Crippen molar-refractivity contribution in [2.24, 2.45) is 5.73 Å². The highest BCUT2D eigenvalue weighted by Gasteiger charge is 2.36. The van der Waals surface area contributed by atoms with E-state index in [4.69, 9.17) is 5.73 Å². The summed E-state index contributed by atoms with van der Waals surface area (Å²) in [7, 11) is 0. The Morgan fingerprint density at radius 1 is 1.21 bits per heavy atom. The quantitative estimate of drug-likeness (QED) is 0.257. The molecule has 0 bridgehead atoms. The van der Waals surface area contributed by atoms with Gasteiger partial charge in [0.15, 0.2) is 0 Å². The lowest BCUT2D eigenvalue weighted by molar-refractivity contribution is -0.385. The van der Waals surface area contributed by atoms with Gasteiger partial charge in [-0.05, 0) is 39.3 Å². The molecular formula is C22H21F3N8O4S. The molecule has 4 rings (SSSR count). The Bertz CT molecular complexity index is 1600. The molecule has 0 aliphatic heterocycles. The van der Waals surface area contributed by atoms with Crippen LogP contribution in [0.1, 0.15) is 46.6 Å². The van der Waals surface area contributed by atoms with Crippen LogP contribution in [0.4, 0.5) is 24.5 Å². The lowest BCUT2D eigenvalue weighted by Gasteiger charge is -2.16. The van der Waals surface area contributed by atoms with Crippen LogP contribution in [0.5, 0.6) is 0 Å². The lowest BCUT2D eigenvalue weighted by Crippen LogP contribution is -2.26. The summed E-state index contributed by atoms with van der Waals surface area (Å²) in [4.78, 5) is 39.4. The largest absolute Gasteiger partial charge is 0.433 e. The number of aromatic nitrogens is 5. The second kappa shape index (κ2) is 9.51. The summed E-state index contributed by atoms with van der Waals surface area (Å²) >= 11 is 0.611. The van der Waals surface area contributed by atoms with Crippen LogP contribution >= 0.6 is 11.3 Å². The molecule has 0 radical (unpaired) electrons.